The molecule has 0 radical (unpaired) electrons. The number of aliphatic hydroxyl groups excluding tert-OH is 1. The number of alkyl halides is 3. The van der Waals surface area contributed by atoms with Gasteiger partial charge >= 0.3 is 6.18 Å². The number of rotatable bonds is 2. The fourth-order valence-electron chi connectivity index (χ4n) is 2.38. The molecule has 0 saturated heterocycles. The van der Waals surface area contributed by atoms with Crippen LogP contribution in [0.3, 0.4) is 0 Å². The van der Waals surface area contributed by atoms with Gasteiger partial charge in [-0.05, 0) is 31.1 Å². The van der Waals surface area contributed by atoms with Crippen LogP contribution < -0.4 is 0 Å². The van der Waals surface area contributed by atoms with E-state index in [1.54, 1.807) is 0 Å². The van der Waals surface area contributed by atoms with Crippen molar-refractivity contribution in [2.24, 2.45) is 17.8 Å². The zero-order valence-electron chi connectivity index (χ0n) is 9.22. The summed E-state index contributed by atoms with van der Waals surface area (Å²) in [5.41, 5.74) is 0. The maximum atomic E-state index is 12.5. The molecule has 0 aromatic rings. The molecule has 1 rings (SSSR count). The van der Waals surface area contributed by atoms with Gasteiger partial charge in [0.1, 0.15) is 0 Å². The lowest BCUT2D eigenvalue weighted by molar-refractivity contribution is -0.189. The van der Waals surface area contributed by atoms with Gasteiger partial charge in [-0.2, -0.15) is 13.2 Å². The summed E-state index contributed by atoms with van der Waals surface area (Å²) in [6.07, 6.45) is -3.04. The molecular weight excluding hydrogens is 205 g/mol. The lowest BCUT2D eigenvalue weighted by Crippen LogP contribution is -2.35. The molecule has 1 aliphatic rings. The topological polar surface area (TPSA) is 20.2 Å². The fraction of sp³-hybridized carbons (Fsp3) is 1.00. The standard InChI is InChI=1S/C11H19F3O/c1-7(2)10(15)8-4-3-5-9(6-8)11(12,13)14/h7-10,15H,3-6H2,1-2H3. The van der Waals surface area contributed by atoms with E-state index in [0.29, 0.717) is 6.42 Å². The van der Waals surface area contributed by atoms with Gasteiger partial charge in [0.25, 0.3) is 0 Å². The van der Waals surface area contributed by atoms with Gasteiger partial charge in [-0.3, -0.25) is 0 Å². The second-order valence-corrected chi connectivity index (χ2v) is 4.90. The van der Waals surface area contributed by atoms with Gasteiger partial charge in [0.05, 0.1) is 12.0 Å². The van der Waals surface area contributed by atoms with Crippen molar-refractivity contribution < 1.29 is 18.3 Å². The molecule has 1 fully saturated rings. The van der Waals surface area contributed by atoms with Crippen LogP contribution in [0, 0.1) is 17.8 Å². The summed E-state index contributed by atoms with van der Waals surface area (Å²) < 4.78 is 37.5. The van der Waals surface area contributed by atoms with Gasteiger partial charge < -0.3 is 5.11 Å². The van der Waals surface area contributed by atoms with E-state index < -0.39 is 18.2 Å². The van der Waals surface area contributed by atoms with Crippen molar-refractivity contribution in [3.05, 3.63) is 0 Å². The second-order valence-electron chi connectivity index (χ2n) is 4.90. The van der Waals surface area contributed by atoms with E-state index in [4.69, 9.17) is 0 Å². The van der Waals surface area contributed by atoms with Crippen LogP contribution in [0.1, 0.15) is 39.5 Å². The van der Waals surface area contributed by atoms with E-state index in [9.17, 15) is 18.3 Å². The minimum absolute atomic E-state index is 0.0435. The minimum Gasteiger partial charge on any atom is -0.393 e. The van der Waals surface area contributed by atoms with Gasteiger partial charge in [0.2, 0.25) is 0 Å². The first-order chi connectivity index (χ1) is 6.82. The van der Waals surface area contributed by atoms with Crippen LogP contribution in [-0.4, -0.2) is 17.4 Å². The highest BCUT2D eigenvalue weighted by Gasteiger charge is 2.43. The predicted molar refractivity (Wildman–Crippen MR) is 52.3 cm³/mol. The maximum Gasteiger partial charge on any atom is 0.391 e. The summed E-state index contributed by atoms with van der Waals surface area (Å²) in [6.45, 7) is 3.70. The van der Waals surface area contributed by atoms with E-state index in [1.165, 1.54) is 0 Å². The van der Waals surface area contributed by atoms with Crippen molar-refractivity contribution >= 4 is 0 Å². The summed E-state index contributed by atoms with van der Waals surface area (Å²) in [4.78, 5) is 0. The highest BCUT2D eigenvalue weighted by atomic mass is 19.4. The van der Waals surface area contributed by atoms with Crippen molar-refractivity contribution in [1.82, 2.24) is 0 Å². The average molecular weight is 224 g/mol. The maximum absolute atomic E-state index is 12.5. The molecule has 4 heteroatoms. The van der Waals surface area contributed by atoms with Crippen LogP contribution in [0.5, 0.6) is 0 Å². The highest BCUT2D eigenvalue weighted by molar-refractivity contribution is 4.82. The Labute approximate surface area is 88.7 Å². The minimum atomic E-state index is -4.09. The summed E-state index contributed by atoms with van der Waals surface area (Å²) in [6, 6.07) is 0. The van der Waals surface area contributed by atoms with E-state index in [1.807, 2.05) is 13.8 Å². The molecule has 1 saturated carbocycles. The molecule has 0 heterocycles. The first-order valence-corrected chi connectivity index (χ1v) is 5.57. The Morgan fingerprint density at radius 1 is 1.20 bits per heavy atom. The molecule has 0 aliphatic heterocycles. The lowest BCUT2D eigenvalue weighted by Gasteiger charge is -2.34. The van der Waals surface area contributed by atoms with Crippen molar-refractivity contribution in [2.45, 2.75) is 51.8 Å². The quantitative estimate of drug-likeness (QED) is 0.762. The molecule has 0 amide bonds. The van der Waals surface area contributed by atoms with E-state index in [0.717, 1.165) is 6.42 Å². The highest BCUT2D eigenvalue weighted by Crippen LogP contribution is 2.41. The van der Waals surface area contributed by atoms with E-state index in [-0.39, 0.29) is 24.7 Å². The molecular formula is C11H19F3O. The number of hydrogen-bond donors (Lipinski definition) is 1. The van der Waals surface area contributed by atoms with Gasteiger partial charge in [0, 0.05) is 0 Å². The smallest absolute Gasteiger partial charge is 0.391 e. The van der Waals surface area contributed by atoms with Crippen LogP contribution in [0.4, 0.5) is 13.2 Å². The van der Waals surface area contributed by atoms with Crippen LogP contribution in [0.15, 0.2) is 0 Å². The van der Waals surface area contributed by atoms with Crippen LogP contribution in [0.2, 0.25) is 0 Å². The Morgan fingerprint density at radius 3 is 2.27 bits per heavy atom. The van der Waals surface area contributed by atoms with Crippen molar-refractivity contribution in [3.63, 3.8) is 0 Å². The molecule has 90 valence electrons. The summed E-state index contributed by atoms with van der Waals surface area (Å²) in [5.74, 6) is -1.34. The molecule has 0 aromatic heterocycles. The molecule has 3 unspecified atom stereocenters. The fourth-order valence-corrected chi connectivity index (χ4v) is 2.38. The van der Waals surface area contributed by atoms with Crippen molar-refractivity contribution in [3.8, 4) is 0 Å². The third kappa shape index (κ3) is 3.37. The molecule has 3 atom stereocenters. The Hall–Kier alpha value is -0.250. The lowest BCUT2D eigenvalue weighted by atomic mass is 9.76. The predicted octanol–water partition coefficient (Wildman–Crippen LogP) is 3.37. The number of hydrogen-bond acceptors (Lipinski definition) is 1. The van der Waals surface area contributed by atoms with Crippen molar-refractivity contribution in [2.75, 3.05) is 0 Å². The first-order valence-electron chi connectivity index (χ1n) is 5.57. The van der Waals surface area contributed by atoms with Gasteiger partial charge in [0.15, 0.2) is 0 Å². The Bertz CT molecular complexity index is 200. The summed E-state index contributed by atoms with van der Waals surface area (Å²) >= 11 is 0. The average Bonchev–Trinajstić information content (AvgIpc) is 2.15. The van der Waals surface area contributed by atoms with Crippen LogP contribution >= 0.6 is 0 Å². The molecule has 15 heavy (non-hydrogen) atoms. The van der Waals surface area contributed by atoms with Gasteiger partial charge in [-0.25, -0.2) is 0 Å². The third-order valence-electron chi connectivity index (χ3n) is 3.34. The van der Waals surface area contributed by atoms with Crippen molar-refractivity contribution in [1.29, 1.82) is 0 Å². The largest absolute Gasteiger partial charge is 0.393 e. The van der Waals surface area contributed by atoms with Crippen LogP contribution in [-0.2, 0) is 0 Å². The molecule has 0 aromatic carbocycles. The Kier molecular flexibility index (Phi) is 4.04. The Morgan fingerprint density at radius 2 is 1.80 bits per heavy atom. The monoisotopic (exact) mass is 224 g/mol. The third-order valence-corrected chi connectivity index (χ3v) is 3.34. The molecule has 0 spiro atoms. The SMILES string of the molecule is CC(C)C(O)C1CCCC(C(F)(F)F)C1. The molecule has 1 nitrogen and oxygen atoms in total. The number of aliphatic hydroxyl groups is 1. The zero-order valence-corrected chi connectivity index (χ0v) is 9.22. The second kappa shape index (κ2) is 4.73. The number of halogens is 3. The van der Waals surface area contributed by atoms with Gasteiger partial charge in [-0.1, -0.05) is 20.3 Å². The summed E-state index contributed by atoms with van der Waals surface area (Å²) in [5, 5.41) is 9.77. The van der Waals surface area contributed by atoms with Crippen LogP contribution in [0.25, 0.3) is 0 Å². The van der Waals surface area contributed by atoms with Gasteiger partial charge in [-0.15, -0.1) is 0 Å². The van der Waals surface area contributed by atoms with E-state index >= 15 is 0 Å². The normalized spacial score (nSPS) is 30.6. The Balaban J connectivity index is 2.56. The first kappa shape index (κ1) is 12.8. The molecule has 1 aliphatic carbocycles. The zero-order chi connectivity index (χ0) is 11.6. The van der Waals surface area contributed by atoms with E-state index in [2.05, 4.69) is 0 Å². The molecule has 0 bridgehead atoms. The summed E-state index contributed by atoms with van der Waals surface area (Å²) in [7, 11) is 0. The molecule has 1 N–H and O–H groups in total.